The summed E-state index contributed by atoms with van der Waals surface area (Å²) in [6, 6.07) is -5.43. The first kappa shape index (κ1) is 17.4. The lowest BCUT2D eigenvalue weighted by molar-refractivity contribution is 1.12. The first-order chi connectivity index (χ1) is 6.31. The lowest BCUT2D eigenvalue weighted by Crippen LogP contribution is -2.49. The highest BCUT2D eigenvalue weighted by atomic mass is 35.8. The number of hydrogen-bond acceptors (Lipinski definition) is 0. The van der Waals surface area contributed by atoms with Crippen LogP contribution in [0.3, 0.4) is 0 Å². The molecule has 0 N–H and O–H groups in total. The second-order valence-electron chi connectivity index (χ2n) is 4.35. The highest BCUT2D eigenvalue weighted by Gasteiger charge is 2.53. The summed E-state index contributed by atoms with van der Waals surface area (Å²) in [6.45, 7) is 8.22. The van der Waals surface area contributed by atoms with Crippen molar-refractivity contribution in [3.8, 4) is 0 Å². The standard InChI is InChI=1S/C6H14Cl6Si3/c1-5(14(7,8)9)13(3,4)6(2)15(10,11)12/h5-6H,1-4H3. The zero-order chi connectivity index (χ0) is 12.7. The molecule has 0 heterocycles. The topological polar surface area (TPSA) is 0 Å². The van der Waals surface area contributed by atoms with Gasteiger partial charge in [0.1, 0.15) is 0 Å². The van der Waals surface area contributed by atoms with Gasteiger partial charge in [0, 0.05) is 0 Å². The van der Waals surface area contributed by atoms with Crippen molar-refractivity contribution >= 4 is 86.6 Å². The van der Waals surface area contributed by atoms with E-state index in [1.807, 2.05) is 13.8 Å². The third-order valence-electron chi connectivity index (χ3n) is 3.21. The molecule has 0 aromatic rings. The average Bonchev–Trinajstić information content (AvgIpc) is 1.98. The predicted octanol–water partition coefficient (Wildman–Crippen LogP) is 5.86. The molecule has 0 saturated heterocycles. The Bertz CT molecular complexity index is 198. The van der Waals surface area contributed by atoms with Crippen molar-refractivity contribution in [2.45, 2.75) is 37.3 Å². The maximum atomic E-state index is 6.05. The van der Waals surface area contributed by atoms with Gasteiger partial charge in [-0.1, -0.05) is 26.9 Å². The lowest BCUT2D eigenvalue weighted by atomic mass is 10.9. The van der Waals surface area contributed by atoms with Gasteiger partial charge in [0.2, 0.25) is 0 Å². The summed E-state index contributed by atoms with van der Waals surface area (Å²) in [4.78, 5) is 0. The fraction of sp³-hybridized carbons (Fsp3) is 1.00. The van der Waals surface area contributed by atoms with Gasteiger partial charge in [-0.3, -0.25) is 0 Å². The second kappa shape index (κ2) is 5.57. The Balaban J connectivity index is 4.98. The molecular weight excluding hydrogens is 369 g/mol. The lowest BCUT2D eigenvalue weighted by Gasteiger charge is -2.40. The molecule has 0 saturated carbocycles. The van der Waals surface area contributed by atoms with E-state index in [2.05, 4.69) is 13.1 Å². The Kier molecular flexibility index (Phi) is 6.46. The van der Waals surface area contributed by atoms with Gasteiger partial charge in [-0.15, -0.1) is 66.5 Å². The van der Waals surface area contributed by atoms with E-state index in [-0.39, 0.29) is 10.3 Å². The monoisotopic (exact) mass is 380 g/mol. The molecule has 0 aromatic carbocycles. The summed E-state index contributed by atoms with van der Waals surface area (Å²) < 4.78 is 0. The van der Waals surface area contributed by atoms with Crippen molar-refractivity contribution in [1.82, 2.24) is 0 Å². The Labute approximate surface area is 123 Å². The van der Waals surface area contributed by atoms with Crippen LogP contribution in [0.15, 0.2) is 0 Å². The van der Waals surface area contributed by atoms with Gasteiger partial charge in [0.15, 0.2) is 0 Å². The van der Waals surface area contributed by atoms with E-state index in [0.29, 0.717) is 0 Å². The Morgan fingerprint density at radius 1 is 0.667 bits per heavy atom. The Morgan fingerprint density at radius 2 is 0.867 bits per heavy atom. The quantitative estimate of drug-likeness (QED) is 0.421. The van der Waals surface area contributed by atoms with E-state index in [1.54, 1.807) is 0 Å². The van der Waals surface area contributed by atoms with Crippen molar-refractivity contribution in [2.24, 2.45) is 0 Å². The molecule has 0 radical (unpaired) electrons. The smallest absolute Gasteiger partial charge is 0.126 e. The molecule has 0 aliphatic rings. The summed E-state index contributed by atoms with van der Waals surface area (Å²) in [7, 11) is -1.85. The van der Waals surface area contributed by atoms with E-state index in [1.165, 1.54) is 0 Å². The Morgan fingerprint density at radius 3 is 1.00 bits per heavy atom. The minimum absolute atomic E-state index is 0.0770. The molecule has 92 valence electrons. The van der Waals surface area contributed by atoms with E-state index in [4.69, 9.17) is 66.5 Å². The SMILES string of the molecule is CC([Si](Cl)(Cl)Cl)[Si](C)(C)C(C)[Si](Cl)(Cl)Cl. The maximum Gasteiger partial charge on any atom is 0.341 e. The number of hydrogen-bond donors (Lipinski definition) is 0. The fourth-order valence-electron chi connectivity index (χ4n) is 1.22. The van der Waals surface area contributed by atoms with E-state index in [0.717, 1.165) is 0 Å². The van der Waals surface area contributed by atoms with Crippen molar-refractivity contribution in [2.75, 3.05) is 0 Å². The van der Waals surface area contributed by atoms with E-state index >= 15 is 0 Å². The van der Waals surface area contributed by atoms with E-state index < -0.39 is 20.1 Å². The molecule has 0 amide bonds. The summed E-state index contributed by atoms with van der Waals surface area (Å²) in [5.74, 6) is 0. The summed E-state index contributed by atoms with van der Waals surface area (Å²) in [5.41, 5.74) is 0. The van der Waals surface area contributed by atoms with Gasteiger partial charge >= 0.3 is 12.0 Å². The first-order valence-electron chi connectivity index (χ1n) is 4.44. The summed E-state index contributed by atoms with van der Waals surface area (Å²) in [5, 5.41) is 0.154. The van der Waals surface area contributed by atoms with Crippen LogP contribution in [0.25, 0.3) is 0 Å². The maximum absolute atomic E-state index is 6.05. The second-order valence-corrected chi connectivity index (χ2v) is 29.0. The van der Waals surface area contributed by atoms with Gasteiger partial charge in [0.25, 0.3) is 0 Å². The molecular formula is C6H14Cl6Si3. The highest BCUT2D eigenvalue weighted by molar-refractivity contribution is 7.69. The van der Waals surface area contributed by atoms with Crippen LogP contribution >= 0.6 is 66.5 Å². The van der Waals surface area contributed by atoms with Crippen LogP contribution in [0.4, 0.5) is 0 Å². The first-order valence-corrected chi connectivity index (χ1v) is 17.8. The van der Waals surface area contributed by atoms with Crippen LogP contribution in [0.2, 0.25) is 23.4 Å². The molecule has 2 atom stereocenters. The largest absolute Gasteiger partial charge is 0.341 e. The fourth-order valence-corrected chi connectivity index (χ4v) is 25.9. The molecule has 2 unspecified atom stereocenters. The van der Waals surface area contributed by atoms with Crippen molar-refractivity contribution in [1.29, 1.82) is 0 Å². The van der Waals surface area contributed by atoms with Gasteiger partial charge < -0.3 is 0 Å². The van der Waals surface area contributed by atoms with Crippen molar-refractivity contribution < 1.29 is 0 Å². The van der Waals surface area contributed by atoms with Gasteiger partial charge in [-0.2, -0.15) is 0 Å². The minimum Gasteiger partial charge on any atom is -0.126 e. The third-order valence-corrected chi connectivity index (χ3v) is 25.9. The number of halogens is 6. The highest BCUT2D eigenvalue weighted by Crippen LogP contribution is 2.50. The summed E-state index contributed by atoms with van der Waals surface area (Å²) in [6.07, 6.45) is 0. The molecule has 0 fully saturated rings. The molecule has 9 heteroatoms. The van der Waals surface area contributed by atoms with Crippen LogP contribution in [-0.2, 0) is 0 Å². The van der Waals surface area contributed by atoms with E-state index in [9.17, 15) is 0 Å². The average molecular weight is 383 g/mol. The molecule has 0 bridgehead atoms. The van der Waals surface area contributed by atoms with Gasteiger partial charge in [-0.25, -0.2) is 0 Å². The molecule has 0 aliphatic carbocycles. The summed E-state index contributed by atoms with van der Waals surface area (Å²) >= 11 is 36.3. The normalized spacial score (nSPS) is 18.8. The minimum atomic E-state index is -2.71. The van der Waals surface area contributed by atoms with Gasteiger partial charge in [-0.05, 0) is 10.3 Å². The molecule has 0 aliphatic heterocycles. The van der Waals surface area contributed by atoms with Crippen LogP contribution < -0.4 is 0 Å². The zero-order valence-electron chi connectivity index (χ0n) is 8.92. The Hall–Kier alpha value is 2.39. The van der Waals surface area contributed by atoms with Crippen molar-refractivity contribution in [3.63, 3.8) is 0 Å². The molecule has 0 spiro atoms. The molecule has 0 rings (SSSR count). The predicted molar refractivity (Wildman–Crippen MR) is 83.0 cm³/mol. The zero-order valence-corrected chi connectivity index (χ0v) is 16.5. The van der Waals surface area contributed by atoms with Gasteiger partial charge in [0.05, 0.1) is 8.07 Å². The number of rotatable bonds is 4. The molecule has 0 nitrogen and oxygen atoms in total. The molecule has 15 heavy (non-hydrogen) atoms. The van der Waals surface area contributed by atoms with Crippen molar-refractivity contribution in [3.05, 3.63) is 0 Å². The van der Waals surface area contributed by atoms with Crippen LogP contribution in [0, 0.1) is 0 Å². The van der Waals surface area contributed by atoms with Crippen LogP contribution in [-0.4, -0.2) is 20.1 Å². The molecule has 0 aromatic heterocycles. The van der Waals surface area contributed by atoms with Crippen LogP contribution in [0.1, 0.15) is 13.8 Å². The van der Waals surface area contributed by atoms with Crippen LogP contribution in [0.5, 0.6) is 0 Å². The third kappa shape index (κ3) is 4.87.